The Bertz CT molecular complexity index is 336. The standard InChI is InChI=1S/C19H34O4/c1-2-3-4-5-6-7-8-9-10-11-12-13-14-15-17(19(22)23)16-18(20)21/h14-15,17H,2-13,16H2,1H3,(H,20,21)(H,22,23)/b15-14-. The van der Waals surface area contributed by atoms with Crippen molar-refractivity contribution in [2.24, 2.45) is 5.92 Å². The first-order chi connectivity index (χ1) is 11.1. The minimum Gasteiger partial charge on any atom is -0.481 e. The lowest BCUT2D eigenvalue weighted by molar-refractivity contribution is -0.146. The molecule has 0 spiro atoms. The highest BCUT2D eigenvalue weighted by atomic mass is 16.4. The number of aliphatic carboxylic acids is 2. The highest BCUT2D eigenvalue weighted by Gasteiger charge is 2.17. The molecule has 134 valence electrons. The maximum absolute atomic E-state index is 10.9. The van der Waals surface area contributed by atoms with E-state index in [-0.39, 0.29) is 6.42 Å². The predicted octanol–water partition coefficient (Wildman–Crippen LogP) is 5.42. The van der Waals surface area contributed by atoms with Gasteiger partial charge in [-0.1, -0.05) is 83.3 Å². The minimum atomic E-state index is -1.07. The molecule has 0 fully saturated rings. The van der Waals surface area contributed by atoms with Gasteiger partial charge in [0.2, 0.25) is 0 Å². The van der Waals surface area contributed by atoms with Crippen molar-refractivity contribution in [2.45, 2.75) is 90.4 Å². The van der Waals surface area contributed by atoms with Crippen LogP contribution in [-0.4, -0.2) is 22.2 Å². The quantitative estimate of drug-likeness (QED) is 0.293. The Kier molecular flexibility index (Phi) is 14.7. The van der Waals surface area contributed by atoms with Gasteiger partial charge in [-0.25, -0.2) is 0 Å². The Labute approximate surface area is 141 Å². The monoisotopic (exact) mass is 326 g/mol. The highest BCUT2D eigenvalue weighted by molar-refractivity contribution is 5.79. The summed E-state index contributed by atoms with van der Waals surface area (Å²) in [5.41, 5.74) is 0. The lowest BCUT2D eigenvalue weighted by atomic mass is 10.0. The van der Waals surface area contributed by atoms with E-state index in [0.717, 1.165) is 19.3 Å². The molecule has 4 heteroatoms. The molecule has 0 aromatic heterocycles. The summed E-state index contributed by atoms with van der Waals surface area (Å²) in [6.07, 6.45) is 18.0. The van der Waals surface area contributed by atoms with E-state index in [9.17, 15) is 9.59 Å². The third-order valence-electron chi connectivity index (χ3n) is 4.05. The van der Waals surface area contributed by atoms with Gasteiger partial charge in [-0.3, -0.25) is 9.59 Å². The summed E-state index contributed by atoms with van der Waals surface area (Å²) in [5, 5.41) is 17.5. The van der Waals surface area contributed by atoms with Crippen LogP contribution >= 0.6 is 0 Å². The Morgan fingerprint density at radius 3 is 1.74 bits per heavy atom. The van der Waals surface area contributed by atoms with Crippen LogP contribution in [0.25, 0.3) is 0 Å². The second-order valence-corrected chi connectivity index (χ2v) is 6.29. The number of carboxylic acids is 2. The smallest absolute Gasteiger partial charge is 0.310 e. The molecule has 0 radical (unpaired) electrons. The molecule has 0 saturated heterocycles. The van der Waals surface area contributed by atoms with Gasteiger partial charge in [0.1, 0.15) is 0 Å². The van der Waals surface area contributed by atoms with Crippen molar-refractivity contribution in [1.29, 1.82) is 0 Å². The molecule has 0 aromatic rings. The van der Waals surface area contributed by atoms with Gasteiger partial charge in [-0.2, -0.15) is 0 Å². The van der Waals surface area contributed by atoms with Crippen molar-refractivity contribution in [3.05, 3.63) is 12.2 Å². The molecular formula is C19H34O4. The third-order valence-corrected chi connectivity index (χ3v) is 4.05. The minimum absolute atomic E-state index is 0.343. The van der Waals surface area contributed by atoms with Crippen molar-refractivity contribution >= 4 is 11.9 Å². The van der Waals surface area contributed by atoms with Crippen LogP contribution in [0.3, 0.4) is 0 Å². The van der Waals surface area contributed by atoms with Gasteiger partial charge in [-0.15, -0.1) is 0 Å². The molecule has 0 saturated carbocycles. The Hall–Kier alpha value is -1.32. The fraction of sp³-hybridized carbons (Fsp3) is 0.789. The SMILES string of the molecule is CCCCCCCCCCCCC/C=C\C(CC(=O)O)C(=O)O. The summed E-state index contributed by atoms with van der Waals surface area (Å²) in [7, 11) is 0. The summed E-state index contributed by atoms with van der Waals surface area (Å²) in [5.74, 6) is -3.04. The second-order valence-electron chi connectivity index (χ2n) is 6.29. The first-order valence-corrected chi connectivity index (χ1v) is 9.19. The molecule has 0 heterocycles. The molecule has 0 aromatic carbocycles. The van der Waals surface area contributed by atoms with Crippen molar-refractivity contribution < 1.29 is 19.8 Å². The molecule has 2 N–H and O–H groups in total. The summed E-state index contributed by atoms with van der Waals surface area (Å²) >= 11 is 0. The van der Waals surface area contributed by atoms with Gasteiger partial charge in [0.05, 0.1) is 12.3 Å². The summed E-state index contributed by atoms with van der Waals surface area (Å²) < 4.78 is 0. The van der Waals surface area contributed by atoms with Gasteiger partial charge >= 0.3 is 11.9 Å². The molecule has 4 nitrogen and oxygen atoms in total. The number of hydrogen-bond acceptors (Lipinski definition) is 2. The number of rotatable bonds is 16. The lowest BCUT2D eigenvalue weighted by Crippen LogP contribution is -2.15. The lowest BCUT2D eigenvalue weighted by Gasteiger charge is -2.03. The van der Waals surface area contributed by atoms with Crippen LogP contribution in [-0.2, 0) is 9.59 Å². The Morgan fingerprint density at radius 2 is 1.30 bits per heavy atom. The van der Waals surface area contributed by atoms with E-state index < -0.39 is 17.9 Å². The topological polar surface area (TPSA) is 74.6 Å². The molecule has 1 atom stereocenters. The molecule has 0 rings (SSSR count). The number of unbranched alkanes of at least 4 members (excludes halogenated alkanes) is 11. The second kappa shape index (κ2) is 15.6. The molecule has 0 bridgehead atoms. The van der Waals surface area contributed by atoms with Crippen molar-refractivity contribution in [3.63, 3.8) is 0 Å². The van der Waals surface area contributed by atoms with Crippen molar-refractivity contribution in [1.82, 2.24) is 0 Å². The van der Waals surface area contributed by atoms with Crippen molar-refractivity contribution in [2.75, 3.05) is 0 Å². The van der Waals surface area contributed by atoms with E-state index in [1.807, 2.05) is 6.08 Å². The van der Waals surface area contributed by atoms with Crippen LogP contribution in [0.2, 0.25) is 0 Å². The van der Waals surface area contributed by atoms with Crippen LogP contribution in [0.1, 0.15) is 90.4 Å². The Balaban J connectivity index is 3.45. The van der Waals surface area contributed by atoms with Gasteiger partial charge < -0.3 is 10.2 Å². The third kappa shape index (κ3) is 15.4. The molecule has 0 aliphatic carbocycles. The van der Waals surface area contributed by atoms with Crippen LogP contribution in [0.4, 0.5) is 0 Å². The van der Waals surface area contributed by atoms with Gasteiger partial charge in [0.15, 0.2) is 0 Å². The Morgan fingerprint density at radius 1 is 0.826 bits per heavy atom. The fourth-order valence-corrected chi connectivity index (χ4v) is 2.61. The van der Waals surface area contributed by atoms with Crippen LogP contribution in [0.5, 0.6) is 0 Å². The number of allylic oxidation sites excluding steroid dienone is 1. The first-order valence-electron chi connectivity index (χ1n) is 9.19. The zero-order chi connectivity index (χ0) is 17.3. The zero-order valence-electron chi connectivity index (χ0n) is 14.6. The van der Waals surface area contributed by atoms with E-state index in [4.69, 9.17) is 10.2 Å². The predicted molar refractivity (Wildman–Crippen MR) is 93.6 cm³/mol. The van der Waals surface area contributed by atoms with Crippen molar-refractivity contribution in [3.8, 4) is 0 Å². The van der Waals surface area contributed by atoms with E-state index in [2.05, 4.69) is 6.92 Å². The molecule has 0 amide bonds. The fourth-order valence-electron chi connectivity index (χ4n) is 2.61. The van der Waals surface area contributed by atoms with Gasteiger partial charge in [0.25, 0.3) is 0 Å². The zero-order valence-corrected chi connectivity index (χ0v) is 14.6. The number of hydrogen-bond donors (Lipinski definition) is 2. The highest BCUT2D eigenvalue weighted by Crippen LogP contribution is 2.13. The van der Waals surface area contributed by atoms with Crippen LogP contribution in [0, 0.1) is 5.92 Å². The average molecular weight is 326 g/mol. The molecule has 1 unspecified atom stereocenters. The summed E-state index contributed by atoms with van der Waals surface area (Å²) in [4.78, 5) is 21.4. The molecular weight excluding hydrogens is 292 g/mol. The molecule has 0 aliphatic rings. The first kappa shape index (κ1) is 21.7. The van der Waals surface area contributed by atoms with Crippen LogP contribution in [0.15, 0.2) is 12.2 Å². The average Bonchev–Trinajstić information content (AvgIpc) is 2.50. The largest absolute Gasteiger partial charge is 0.481 e. The van der Waals surface area contributed by atoms with E-state index in [0.29, 0.717) is 0 Å². The van der Waals surface area contributed by atoms with Gasteiger partial charge in [0, 0.05) is 0 Å². The number of carbonyl (C=O) groups is 2. The summed E-state index contributed by atoms with van der Waals surface area (Å²) in [6.45, 7) is 2.24. The molecule has 0 aliphatic heterocycles. The normalized spacial score (nSPS) is 12.6. The number of carboxylic acid groups (broad SMARTS) is 2. The van der Waals surface area contributed by atoms with E-state index >= 15 is 0 Å². The molecule has 23 heavy (non-hydrogen) atoms. The van der Waals surface area contributed by atoms with Crippen LogP contribution < -0.4 is 0 Å². The van der Waals surface area contributed by atoms with E-state index in [1.54, 1.807) is 0 Å². The summed E-state index contributed by atoms with van der Waals surface area (Å²) in [6, 6.07) is 0. The maximum atomic E-state index is 10.9. The maximum Gasteiger partial charge on any atom is 0.310 e. The van der Waals surface area contributed by atoms with Gasteiger partial charge in [-0.05, 0) is 12.8 Å². The van der Waals surface area contributed by atoms with E-state index in [1.165, 1.54) is 63.9 Å².